The highest BCUT2D eigenvalue weighted by atomic mass is 35.5. The molecule has 0 saturated heterocycles. The highest BCUT2D eigenvalue weighted by Crippen LogP contribution is 2.17. The molecule has 8 heteroatoms. The number of carboxylic acids is 1. The Kier molecular flexibility index (Phi) is 8.44. The normalized spacial score (nSPS) is 12.6. The van der Waals surface area contributed by atoms with Gasteiger partial charge < -0.3 is 15.5 Å². The molecular formula is C20H24ClNO5S. The molecule has 0 fully saturated rings. The molecule has 0 aliphatic heterocycles. The van der Waals surface area contributed by atoms with Crippen LogP contribution in [0.4, 0.5) is 0 Å². The zero-order valence-corrected chi connectivity index (χ0v) is 16.9. The van der Waals surface area contributed by atoms with Crippen molar-refractivity contribution in [2.45, 2.75) is 30.3 Å². The first-order chi connectivity index (χ1) is 13.3. The minimum Gasteiger partial charge on any atom is -0.481 e. The summed E-state index contributed by atoms with van der Waals surface area (Å²) in [5.41, 5.74) is 1.71. The van der Waals surface area contributed by atoms with Crippen molar-refractivity contribution >= 4 is 27.4 Å². The van der Waals surface area contributed by atoms with Gasteiger partial charge in [0, 0.05) is 18.0 Å². The number of carbonyl (C=O) groups is 1. The number of aliphatic hydroxyl groups is 1. The number of benzene rings is 2. The van der Waals surface area contributed by atoms with Crippen LogP contribution in [0.1, 0.15) is 30.1 Å². The van der Waals surface area contributed by atoms with E-state index >= 15 is 0 Å². The molecule has 0 amide bonds. The van der Waals surface area contributed by atoms with Crippen LogP contribution in [-0.2, 0) is 21.1 Å². The zero-order chi connectivity index (χ0) is 20.6. The SMILES string of the molecule is O=C(O)CCCS(=O)(=O)c1ccc(CCNC[C@H](O)c2cccc(Cl)c2)cc1. The van der Waals surface area contributed by atoms with Gasteiger partial charge in [0.05, 0.1) is 16.8 Å². The van der Waals surface area contributed by atoms with Crippen LogP contribution >= 0.6 is 11.6 Å². The summed E-state index contributed by atoms with van der Waals surface area (Å²) >= 11 is 5.92. The maximum absolute atomic E-state index is 12.2. The van der Waals surface area contributed by atoms with Crippen LogP contribution in [0, 0.1) is 0 Å². The van der Waals surface area contributed by atoms with E-state index in [9.17, 15) is 18.3 Å². The number of aliphatic carboxylic acids is 1. The molecule has 6 nitrogen and oxygen atoms in total. The van der Waals surface area contributed by atoms with Crippen molar-refractivity contribution in [3.05, 3.63) is 64.7 Å². The summed E-state index contributed by atoms with van der Waals surface area (Å²) in [4.78, 5) is 10.7. The van der Waals surface area contributed by atoms with E-state index in [-0.39, 0.29) is 23.5 Å². The molecule has 0 heterocycles. The monoisotopic (exact) mass is 425 g/mol. The maximum atomic E-state index is 12.2. The highest BCUT2D eigenvalue weighted by Gasteiger charge is 2.15. The molecule has 0 aliphatic carbocycles. The quantitative estimate of drug-likeness (QED) is 0.478. The van der Waals surface area contributed by atoms with Crippen molar-refractivity contribution in [1.82, 2.24) is 5.32 Å². The molecule has 2 aromatic carbocycles. The van der Waals surface area contributed by atoms with Crippen LogP contribution in [0.3, 0.4) is 0 Å². The summed E-state index contributed by atoms with van der Waals surface area (Å²) in [5, 5.41) is 22.5. The van der Waals surface area contributed by atoms with Crippen molar-refractivity contribution in [3.8, 4) is 0 Å². The van der Waals surface area contributed by atoms with Gasteiger partial charge in [0.15, 0.2) is 9.84 Å². The Morgan fingerprint density at radius 3 is 2.50 bits per heavy atom. The Hall–Kier alpha value is -1.93. The third-order valence-corrected chi connectivity index (χ3v) is 6.30. The van der Waals surface area contributed by atoms with Crippen molar-refractivity contribution in [2.24, 2.45) is 0 Å². The van der Waals surface area contributed by atoms with Gasteiger partial charge in [-0.15, -0.1) is 0 Å². The Labute approximate surface area is 170 Å². The molecule has 0 spiro atoms. The number of nitrogens with one attached hydrogen (secondary N) is 1. The van der Waals surface area contributed by atoms with E-state index in [1.807, 2.05) is 6.07 Å². The Morgan fingerprint density at radius 2 is 1.86 bits per heavy atom. The second-order valence-corrected chi connectivity index (χ2v) is 9.03. The molecular weight excluding hydrogens is 402 g/mol. The summed E-state index contributed by atoms with van der Waals surface area (Å²) in [6, 6.07) is 13.7. The van der Waals surface area contributed by atoms with Crippen LogP contribution in [0.15, 0.2) is 53.4 Å². The lowest BCUT2D eigenvalue weighted by molar-refractivity contribution is -0.137. The van der Waals surface area contributed by atoms with Crippen molar-refractivity contribution in [1.29, 1.82) is 0 Å². The van der Waals surface area contributed by atoms with Gasteiger partial charge >= 0.3 is 5.97 Å². The van der Waals surface area contributed by atoms with E-state index in [0.717, 1.165) is 11.1 Å². The minimum atomic E-state index is -3.47. The number of hydrogen-bond donors (Lipinski definition) is 3. The van der Waals surface area contributed by atoms with E-state index in [1.54, 1.807) is 42.5 Å². The average molecular weight is 426 g/mol. The van der Waals surface area contributed by atoms with Gasteiger partial charge in [-0.2, -0.15) is 0 Å². The fraction of sp³-hybridized carbons (Fsp3) is 0.350. The van der Waals surface area contributed by atoms with Gasteiger partial charge in [-0.25, -0.2) is 8.42 Å². The summed E-state index contributed by atoms with van der Waals surface area (Å²) in [6.07, 6.45) is -0.0405. The Balaban J connectivity index is 1.78. The third kappa shape index (κ3) is 7.24. The first kappa shape index (κ1) is 22.4. The second-order valence-electron chi connectivity index (χ2n) is 6.49. The standard InChI is InChI=1S/C20H24ClNO5S/c21-17-4-1-3-16(13-17)19(23)14-22-11-10-15-6-8-18(9-7-15)28(26,27)12-2-5-20(24)25/h1,3-4,6-9,13,19,22-23H,2,5,10-12,14H2,(H,24,25)/t19-/m0/s1. The fourth-order valence-corrected chi connectivity index (χ4v) is 4.21. The summed E-state index contributed by atoms with van der Waals surface area (Å²) in [5.74, 6) is -1.18. The molecule has 3 N–H and O–H groups in total. The largest absolute Gasteiger partial charge is 0.481 e. The van der Waals surface area contributed by atoms with E-state index in [1.165, 1.54) is 0 Å². The maximum Gasteiger partial charge on any atom is 0.303 e. The predicted octanol–water partition coefficient (Wildman–Crippen LogP) is 2.84. The lowest BCUT2D eigenvalue weighted by Gasteiger charge is -2.12. The number of aliphatic hydroxyl groups excluding tert-OH is 1. The molecule has 0 unspecified atom stereocenters. The van der Waals surface area contributed by atoms with Crippen molar-refractivity contribution in [2.75, 3.05) is 18.8 Å². The lowest BCUT2D eigenvalue weighted by atomic mass is 10.1. The molecule has 0 aliphatic rings. The zero-order valence-electron chi connectivity index (χ0n) is 15.3. The second kappa shape index (κ2) is 10.6. The number of hydrogen-bond acceptors (Lipinski definition) is 5. The third-order valence-electron chi connectivity index (χ3n) is 4.25. The molecule has 2 rings (SSSR count). The van der Waals surface area contributed by atoms with E-state index in [2.05, 4.69) is 5.32 Å². The van der Waals surface area contributed by atoms with Crippen molar-refractivity contribution < 1.29 is 23.4 Å². The molecule has 0 bridgehead atoms. The minimum absolute atomic E-state index is 0.0955. The Morgan fingerprint density at radius 1 is 1.14 bits per heavy atom. The first-order valence-electron chi connectivity index (χ1n) is 8.95. The molecule has 152 valence electrons. The van der Waals surface area contributed by atoms with Gasteiger partial charge in [0.2, 0.25) is 0 Å². The van der Waals surface area contributed by atoms with Crippen LogP contribution in [-0.4, -0.2) is 43.4 Å². The van der Waals surface area contributed by atoms with Gasteiger partial charge in [-0.3, -0.25) is 4.79 Å². The molecule has 1 atom stereocenters. The number of carboxylic acid groups (broad SMARTS) is 1. The van der Waals surface area contributed by atoms with Gasteiger partial charge in [0.25, 0.3) is 0 Å². The average Bonchev–Trinajstić information content (AvgIpc) is 2.65. The smallest absolute Gasteiger partial charge is 0.303 e. The van der Waals surface area contributed by atoms with Gasteiger partial charge in [0.1, 0.15) is 0 Å². The molecule has 0 saturated carbocycles. The van der Waals surface area contributed by atoms with E-state index in [0.29, 0.717) is 24.5 Å². The van der Waals surface area contributed by atoms with Crippen LogP contribution < -0.4 is 5.32 Å². The van der Waals surface area contributed by atoms with E-state index in [4.69, 9.17) is 16.7 Å². The molecule has 2 aromatic rings. The highest BCUT2D eigenvalue weighted by molar-refractivity contribution is 7.91. The number of rotatable bonds is 11. The Bertz CT molecular complexity index is 884. The summed E-state index contributed by atoms with van der Waals surface area (Å²) in [6.45, 7) is 1.01. The van der Waals surface area contributed by atoms with E-state index < -0.39 is 21.9 Å². The number of halogens is 1. The summed E-state index contributed by atoms with van der Waals surface area (Å²) < 4.78 is 24.4. The molecule has 0 radical (unpaired) electrons. The topological polar surface area (TPSA) is 104 Å². The lowest BCUT2D eigenvalue weighted by Crippen LogP contribution is -2.23. The van der Waals surface area contributed by atoms with Gasteiger partial charge in [-0.1, -0.05) is 35.9 Å². The van der Waals surface area contributed by atoms with Crippen LogP contribution in [0.25, 0.3) is 0 Å². The summed E-state index contributed by atoms with van der Waals surface area (Å²) in [7, 11) is -3.47. The van der Waals surface area contributed by atoms with Crippen molar-refractivity contribution in [3.63, 3.8) is 0 Å². The molecule has 28 heavy (non-hydrogen) atoms. The van der Waals surface area contributed by atoms with Crippen LogP contribution in [0.2, 0.25) is 5.02 Å². The first-order valence-corrected chi connectivity index (χ1v) is 11.0. The fourth-order valence-electron chi connectivity index (χ4n) is 2.70. The van der Waals surface area contributed by atoms with Crippen LogP contribution in [0.5, 0.6) is 0 Å². The predicted molar refractivity (Wildman–Crippen MR) is 108 cm³/mol. The molecule has 0 aromatic heterocycles. The van der Waals surface area contributed by atoms with Gasteiger partial charge in [-0.05, 0) is 54.8 Å². The number of sulfone groups is 1.